The highest BCUT2D eigenvalue weighted by Crippen LogP contribution is 2.45. The molecule has 35 heavy (non-hydrogen) atoms. The minimum atomic E-state index is -0.511. The maximum absolute atomic E-state index is 6.53. The van der Waals surface area contributed by atoms with Crippen molar-refractivity contribution >= 4 is 0 Å². The van der Waals surface area contributed by atoms with Crippen molar-refractivity contribution in [3.8, 4) is 0 Å². The molecule has 0 aromatic rings. The largest absolute Gasteiger partial charge is 0.350 e. The van der Waals surface area contributed by atoms with Gasteiger partial charge in [0.25, 0.3) is 0 Å². The second-order valence-corrected chi connectivity index (χ2v) is 11.6. The van der Waals surface area contributed by atoms with E-state index in [1.165, 1.54) is 135 Å². The van der Waals surface area contributed by atoms with Crippen LogP contribution in [-0.4, -0.2) is 31.6 Å². The van der Waals surface area contributed by atoms with E-state index in [0.29, 0.717) is 6.04 Å². The molecule has 0 radical (unpaired) electrons. The standard InChI is InChI=1S/C32H65NO2/c1-6-10-12-14-16-17-19-24-28-32(27-23-18-15-13-11-7-2,31(5,34-8-3)35-9-4)29-33-30-25-21-20-22-26-30/h30,33H,6-29H2,1-5H3. The first-order valence-corrected chi connectivity index (χ1v) is 16.1. The van der Waals surface area contributed by atoms with E-state index in [-0.39, 0.29) is 5.41 Å². The summed E-state index contributed by atoms with van der Waals surface area (Å²) < 4.78 is 13.1. The zero-order chi connectivity index (χ0) is 25.7. The summed E-state index contributed by atoms with van der Waals surface area (Å²) in [6.45, 7) is 13.6. The van der Waals surface area contributed by atoms with Crippen LogP contribution >= 0.6 is 0 Å². The third-order valence-corrected chi connectivity index (χ3v) is 8.65. The first kappa shape index (κ1) is 32.9. The number of hydrogen-bond acceptors (Lipinski definition) is 3. The minimum Gasteiger partial charge on any atom is -0.350 e. The maximum Gasteiger partial charge on any atom is 0.172 e. The van der Waals surface area contributed by atoms with E-state index < -0.39 is 5.79 Å². The highest BCUT2D eigenvalue weighted by atomic mass is 16.7. The summed E-state index contributed by atoms with van der Waals surface area (Å²) in [5.74, 6) is -0.511. The summed E-state index contributed by atoms with van der Waals surface area (Å²) in [7, 11) is 0. The number of unbranched alkanes of at least 4 members (excludes halogenated alkanes) is 12. The Hall–Kier alpha value is -0.120. The van der Waals surface area contributed by atoms with Gasteiger partial charge in [0, 0.05) is 31.2 Å². The predicted molar refractivity (Wildman–Crippen MR) is 154 cm³/mol. The number of nitrogens with one attached hydrogen (secondary N) is 1. The van der Waals surface area contributed by atoms with Crippen molar-refractivity contribution in [2.24, 2.45) is 5.41 Å². The molecule has 1 saturated carbocycles. The third kappa shape index (κ3) is 13.3. The van der Waals surface area contributed by atoms with Crippen LogP contribution in [0.5, 0.6) is 0 Å². The lowest BCUT2D eigenvalue weighted by Crippen LogP contribution is -2.56. The van der Waals surface area contributed by atoms with E-state index in [0.717, 1.165) is 19.8 Å². The van der Waals surface area contributed by atoms with E-state index in [1.54, 1.807) is 0 Å². The van der Waals surface area contributed by atoms with Crippen molar-refractivity contribution in [1.82, 2.24) is 5.32 Å². The maximum atomic E-state index is 6.53. The number of ether oxygens (including phenoxy) is 2. The molecule has 0 spiro atoms. The average Bonchev–Trinajstić information content (AvgIpc) is 2.86. The first-order chi connectivity index (χ1) is 17.1. The van der Waals surface area contributed by atoms with E-state index in [9.17, 15) is 0 Å². The second kappa shape index (κ2) is 20.9. The molecule has 3 nitrogen and oxygen atoms in total. The molecule has 3 heteroatoms. The molecule has 0 heterocycles. The van der Waals surface area contributed by atoms with Gasteiger partial charge in [-0.3, -0.25) is 0 Å². The molecule has 0 aromatic carbocycles. The van der Waals surface area contributed by atoms with Crippen LogP contribution in [0.3, 0.4) is 0 Å². The lowest BCUT2D eigenvalue weighted by atomic mass is 9.70. The molecular formula is C32H65NO2. The smallest absolute Gasteiger partial charge is 0.172 e. The molecule has 0 aromatic heterocycles. The normalized spacial score (nSPS) is 17.1. The molecule has 0 amide bonds. The van der Waals surface area contributed by atoms with E-state index in [1.807, 2.05) is 0 Å². The van der Waals surface area contributed by atoms with Crippen LogP contribution in [0.15, 0.2) is 0 Å². The molecule has 210 valence electrons. The summed E-state index contributed by atoms with van der Waals surface area (Å²) in [4.78, 5) is 0. The fraction of sp³-hybridized carbons (Fsp3) is 1.00. The Labute approximate surface area is 221 Å². The third-order valence-electron chi connectivity index (χ3n) is 8.65. The number of hydrogen-bond donors (Lipinski definition) is 1. The quantitative estimate of drug-likeness (QED) is 0.107. The zero-order valence-electron chi connectivity index (χ0n) is 24.9. The fourth-order valence-corrected chi connectivity index (χ4v) is 6.30. The molecule has 0 saturated heterocycles. The first-order valence-electron chi connectivity index (χ1n) is 16.1. The van der Waals surface area contributed by atoms with Gasteiger partial charge in [-0.25, -0.2) is 0 Å². The van der Waals surface area contributed by atoms with Gasteiger partial charge in [0.05, 0.1) is 0 Å². The van der Waals surface area contributed by atoms with Gasteiger partial charge in [-0.2, -0.15) is 0 Å². The topological polar surface area (TPSA) is 30.5 Å². The molecule has 1 atom stereocenters. The van der Waals surface area contributed by atoms with Crippen molar-refractivity contribution in [2.45, 2.75) is 181 Å². The van der Waals surface area contributed by atoms with Gasteiger partial charge in [-0.05, 0) is 46.5 Å². The zero-order valence-corrected chi connectivity index (χ0v) is 24.9. The Morgan fingerprint density at radius 1 is 0.600 bits per heavy atom. The van der Waals surface area contributed by atoms with Crippen LogP contribution in [-0.2, 0) is 9.47 Å². The van der Waals surface area contributed by atoms with Gasteiger partial charge in [0.1, 0.15) is 0 Å². The summed E-state index contributed by atoms with van der Waals surface area (Å²) in [6.07, 6.45) is 28.4. The van der Waals surface area contributed by atoms with Gasteiger partial charge in [0.2, 0.25) is 0 Å². The van der Waals surface area contributed by atoms with Crippen molar-refractivity contribution in [1.29, 1.82) is 0 Å². The fourth-order valence-electron chi connectivity index (χ4n) is 6.30. The van der Waals surface area contributed by atoms with Crippen LogP contribution in [0.1, 0.15) is 169 Å². The molecular weight excluding hydrogens is 430 g/mol. The van der Waals surface area contributed by atoms with Gasteiger partial charge < -0.3 is 14.8 Å². The Morgan fingerprint density at radius 3 is 1.46 bits per heavy atom. The average molecular weight is 496 g/mol. The molecule has 1 N–H and O–H groups in total. The summed E-state index contributed by atoms with van der Waals surface area (Å²) in [5, 5.41) is 4.06. The molecule has 1 unspecified atom stereocenters. The Kier molecular flexibility index (Phi) is 19.6. The van der Waals surface area contributed by atoms with Crippen molar-refractivity contribution < 1.29 is 9.47 Å². The van der Waals surface area contributed by atoms with Gasteiger partial charge in [0.15, 0.2) is 5.79 Å². The SMILES string of the molecule is CCCCCCCCCCC(CCCCCCCC)(CNC1CCCCC1)C(C)(OCC)OCC. The predicted octanol–water partition coefficient (Wildman–Crippen LogP) is 9.97. The molecule has 1 aliphatic rings. The van der Waals surface area contributed by atoms with Crippen LogP contribution in [0.25, 0.3) is 0 Å². The minimum absolute atomic E-state index is 0.0451. The highest BCUT2D eigenvalue weighted by Gasteiger charge is 2.49. The van der Waals surface area contributed by atoms with Crippen molar-refractivity contribution in [2.75, 3.05) is 19.8 Å². The highest BCUT2D eigenvalue weighted by molar-refractivity contribution is 4.95. The molecule has 1 fully saturated rings. The summed E-state index contributed by atoms with van der Waals surface area (Å²) in [5.41, 5.74) is 0.0451. The number of rotatable bonds is 24. The Balaban J connectivity index is 2.88. The van der Waals surface area contributed by atoms with Crippen molar-refractivity contribution in [3.63, 3.8) is 0 Å². The van der Waals surface area contributed by atoms with E-state index in [4.69, 9.17) is 9.47 Å². The van der Waals surface area contributed by atoms with E-state index in [2.05, 4.69) is 39.9 Å². The van der Waals surface area contributed by atoms with Crippen LogP contribution < -0.4 is 5.32 Å². The summed E-state index contributed by atoms with van der Waals surface area (Å²) >= 11 is 0. The van der Waals surface area contributed by atoms with E-state index >= 15 is 0 Å². The molecule has 1 rings (SSSR count). The summed E-state index contributed by atoms with van der Waals surface area (Å²) in [6, 6.07) is 0.679. The molecule has 0 bridgehead atoms. The monoisotopic (exact) mass is 496 g/mol. The lowest BCUT2D eigenvalue weighted by Gasteiger charge is -2.49. The van der Waals surface area contributed by atoms with Crippen molar-refractivity contribution in [3.05, 3.63) is 0 Å². The van der Waals surface area contributed by atoms with Gasteiger partial charge in [-0.15, -0.1) is 0 Å². The van der Waals surface area contributed by atoms with Gasteiger partial charge >= 0.3 is 0 Å². The Morgan fingerprint density at radius 2 is 1.03 bits per heavy atom. The van der Waals surface area contributed by atoms with Crippen LogP contribution in [0.2, 0.25) is 0 Å². The second-order valence-electron chi connectivity index (χ2n) is 11.6. The Bertz CT molecular complexity index is 456. The molecule has 1 aliphatic carbocycles. The van der Waals surface area contributed by atoms with Crippen LogP contribution in [0, 0.1) is 5.41 Å². The van der Waals surface area contributed by atoms with Crippen LogP contribution in [0.4, 0.5) is 0 Å². The molecule has 0 aliphatic heterocycles. The lowest BCUT2D eigenvalue weighted by molar-refractivity contribution is -0.290. The van der Waals surface area contributed by atoms with Gasteiger partial charge in [-0.1, -0.05) is 123 Å².